The average molecular weight is 260 g/mol. The van der Waals surface area contributed by atoms with E-state index in [0.717, 1.165) is 10.9 Å². The Morgan fingerprint density at radius 3 is 3.00 bits per heavy atom. The third-order valence-corrected chi connectivity index (χ3v) is 2.85. The Hall–Kier alpha value is -2.14. The molecule has 5 nitrogen and oxygen atoms in total. The molecule has 1 aromatic carbocycles. The maximum absolute atomic E-state index is 11.6. The fraction of sp³-hybridized carbons (Fsp3) is 0.286. The fourth-order valence-corrected chi connectivity index (χ4v) is 1.87. The van der Waals surface area contributed by atoms with Gasteiger partial charge in [-0.15, -0.1) is 0 Å². The number of H-pyrrole nitrogens is 1. The van der Waals surface area contributed by atoms with Crippen LogP contribution in [0.1, 0.15) is 12.0 Å². The molecule has 2 N–H and O–H groups in total. The molecule has 0 saturated carbocycles. The Morgan fingerprint density at radius 2 is 2.21 bits per heavy atom. The summed E-state index contributed by atoms with van der Waals surface area (Å²) < 4.78 is 5.40. The van der Waals surface area contributed by atoms with Gasteiger partial charge in [-0.05, 0) is 18.1 Å². The van der Waals surface area contributed by atoms with Gasteiger partial charge in [-0.3, -0.25) is 4.79 Å². The van der Waals surface area contributed by atoms with Crippen LogP contribution in [0.2, 0.25) is 0 Å². The zero-order valence-electron chi connectivity index (χ0n) is 10.6. The number of aromatic nitrogens is 2. The molecule has 0 unspecified atom stereocenters. The van der Waals surface area contributed by atoms with Crippen molar-refractivity contribution in [2.45, 2.75) is 12.8 Å². The monoisotopic (exact) mass is 260 g/mol. The Bertz CT molecular complexity index is 634. The number of nitrogens with zero attached hydrogens (tertiary/aromatic N) is 1. The zero-order valence-corrected chi connectivity index (χ0v) is 10.6. The standard InChI is InChI=1S/C14H16N2O3/c1-10(17)5-7-19-8-6-11-3-2-4-12-13(11)9-15-16-14(12)18/h2-4,9,17H,1,5-8H2,(H,16,18). The Balaban J connectivity index is 2.03. The summed E-state index contributed by atoms with van der Waals surface area (Å²) in [7, 11) is 0. The minimum Gasteiger partial charge on any atom is -0.513 e. The van der Waals surface area contributed by atoms with E-state index in [2.05, 4.69) is 16.8 Å². The van der Waals surface area contributed by atoms with Gasteiger partial charge in [0.05, 0.1) is 30.6 Å². The number of hydrogen-bond acceptors (Lipinski definition) is 4. The van der Waals surface area contributed by atoms with Gasteiger partial charge in [0, 0.05) is 11.8 Å². The quantitative estimate of drug-likeness (QED) is 0.615. The molecule has 0 aliphatic carbocycles. The van der Waals surface area contributed by atoms with E-state index < -0.39 is 0 Å². The molecule has 0 aliphatic rings. The van der Waals surface area contributed by atoms with Crippen molar-refractivity contribution in [3.63, 3.8) is 0 Å². The van der Waals surface area contributed by atoms with Crippen molar-refractivity contribution >= 4 is 10.8 Å². The van der Waals surface area contributed by atoms with Crippen LogP contribution in [0.4, 0.5) is 0 Å². The molecule has 2 rings (SSSR count). The average Bonchev–Trinajstić information content (AvgIpc) is 2.39. The van der Waals surface area contributed by atoms with Crippen LogP contribution in [-0.2, 0) is 11.2 Å². The van der Waals surface area contributed by atoms with E-state index in [1.807, 2.05) is 12.1 Å². The molecule has 0 amide bonds. The van der Waals surface area contributed by atoms with Crippen molar-refractivity contribution in [1.82, 2.24) is 10.2 Å². The lowest BCUT2D eigenvalue weighted by Crippen LogP contribution is -2.09. The first kappa shape index (κ1) is 13.3. The van der Waals surface area contributed by atoms with Crippen molar-refractivity contribution in [1.29, 1.82) is 0 Å². The molecule has 19 heavy (non-hydrogen) atoms. The lowest BCUT2D eigenvalue weighted by atomic mass is 10.1. The first-order valence-electron chi connectivity index (χ1n) is 6.08. The second-order valence-corrected chi connectivity index (χ2v) is 4.26. The smallest absolute Gasteiger partial charge is 0.272 e. The highest BCUT2D eigenvalue weighted by molar-refractivity contribution is 5.83. The number of aliphatic hydroxyl groups excluding tert-OH is 1. The van der Waals surface area contributed by atoms with Gasteiger partial charge in [-0.2, -0.15) is 5.10 Å². The molecule has 1 aromatic heterocycles. The second kappa shape index (κ2) is 6.15. The fourth-order valence-electron chi connectivity index (χ4n) is 1.87. The first-order valence-corrected chi connectivity index (χ1v) is 6.08. The molecule has 0 bridgehead atoms. The van der Waals surface area contributed by atoms with Crippen LogP contribution in [-0.4, -0.2) is 28.5 Å². The topological polar surface area (TPSA) is 75.2 Å². The van der Waals surface area contributed by atoms with Crippen LogP contribution in [0.25, 0.3) is 10.8 Å². The lowest BCUT2D eigenvalue weighted by molar-refractivity contribution is 0.132. The van der Waals surface area contributed by atoms with Crippen molar-refractivity contribution in [2.75, 3.05) is 13.2 Å². The van der Waals surface area contributed by atoms with E-state index in [0.29, 0.717) is 31.4 Å². The van der Waals surface area contributed by atoms with Crippen LogP contribution in [0.15, 0.2) is 41.5 Å². The van der Waals surface area contributed by atoms with Crippen LogP contribution in [0.3, 0.4) is 0 Å². The van der Waals surface area contributed by atoms with Gasteiger partial charge in [0.2, 0.25) is 0 Å². The van der Waals surface area contributed by atoms with E-state index in [1.165, 1.54) is 0 Å². The van der Waals surface area contributed by atoms with E-state index in [1.54, 1.807) is 12.3 Å². The second-order valence-electron chi connectivity index (χ2n) is 4.26. The minimum absolute atomic E-state index is 0.126. The molecule has 0 spiro atoms. The number of hydrogen-bond donors (Lipinski definition) is 2. The number of aliphatic hydroxyl groups is 1. The highest BCUT2D eigenvalue weighted by Crippen LogP contribution is 2.14. The SMILES string of the molecule is C=C(O)CCOCCc1cccc2c(=O)[nH]ncc12. The molecule has 0 radical (unpaired) electrons. The van der Waals surface area contributed by atoms with Crippen molar-refractivity contribution < 1.29 is 9.84 Å². The third kappa shape index (κ3) is 3.42. The molecule has 100 valence electrons. The molecule has 0 fully saturated rings. The molecule has 0 atom stereocenters. The van der Waals surface area contributed by atoms with Gasteiger partial charge < -0.3 is 9.84 Å². The third-order valence-electron chi connectivity index (χ3n) is 2.85. The van der Waals surface area contributed by atoms with Gasteiger partial charge in [0.1, 0.15) is 0 Å². The largest absolute Gasteiger partial charge is 0.513 e. The number of aromatic amines is 1. The van der Waals surface area contributed by atoms with Crippen LogP contribution in [0.5, 0.6) is 0 Å². The number of ether oxygens (including phenoxy) is 1. The maximum atomic E-state index is 11.6. The highest BCUT2D eigenvalue weighted by atomic mass is 16.5. The van der Waals surface area contributed by atoms with Crippen molar-refractivity contribution in [3.05, 3.63) is 52.7 Å². The summed E-state index contributed by atoms with van der Waals surface area (Å²) in [6.07, 6.45) is 2.79. The summed E-state index contributed by atoms with van der Waals surface area (Å²) in [5.74, 6) is 0.126. The van der Waals surface area contributed by atoms with Gasteiger partial charge in [-0.1, -0.05) is 18.7 Å². The summed E-state index contributed by atoms with van der Waals surface area (Å²) in [6, 6.07) is 5.58. The van der Waals surface area contributed by atoms with Crippen LogP contribution in [0, 0.1) is 0 Å². The molecular formula is C14H16N2O3. The number of benzene rings is 1. The van der Waals surface area contributed by atoms with E-state index >= 15 is 0 Å². The predicted molar refractivity (Wildman–Crippen MR) is 73.3 cm³/mol. The van der Waals surface area contributed by atoms with E-state index in [4.69, 9.17) is 9.84 Å². The van der Waals surface area contributed by atoms with Crippen molar-refractivity contribution in [3.8, 4) is 0 Å². The van der Waals surface area contributed by atoms with E-state index in [-0.39, 0.29) is 11.3 Å². The van der Waals surface area contributed by atoms with Gasteiger partial charge in [0.15, 0.2) is 0 Å². The van der Waals surface area contributed by atoms with Crippen LogP contribution < -0.4 is 5.56 Å². The van der Waals surface area contributed by atoms with Crippen molar-refractivity contribution in [2.24, 2.45) is 0 Å². The minimum atomic E-state index is -0.183. The summed E-state index contributed by atoms with van der Waals surface area (Å²) in [6.45, 7) is 4.36. The molecule has 2 aromatic rings. The molecular weight excluding hydrogens is 244 g/mol. The molecule has 0 saturated heterocycles. The first-order chi connectivity index (χ1) is 9.18. The summed E-state index contributed by atoms with van der Waals surface area (Å²) in [5, 5.41) is 16.6. The predicted octanol–water partition coefficient (Wildman–Crippen LogP) is 1.94. The zero-order chi connectivity index (χ0) is 13.7. The normalized spacial score (nSPS) is 10.7. The van der Waals surface area contributed by atoms with Gasteiger partial charge >= 0.3 is 0 Å². The molecule has 1 heterocycles. The summed E-state index contributed by atoms with van der Waals surface area (Å²) in [4.78, 5) is 11.6. The van der Waals surface area contributed by atoms with Crippen LogP contribution >= 0.6 is 0 Å². The Kier molecular flexibility index (Phi) is 4.30. The lowest BCUT2D eigenvalue weighted by Gasteiger charge is -2.06. The maximum Gasteiger partial charge on any atom is 0.272 e. The molecule has 5 heteroatoms. The summed E-state index contributed by atoms with van der Waals surface area (Å²) in [5.41, 5.74) is 0.843. The number of nitrogens with one attached hydrogen (secondary N) is 1. The van der Waals surface area contributed by atoms with Gasteiger partial charge in [0.25, 0.3) is 5.56 Å². The Morgan fingerprint density at radius 1 is 1.37 bits per heavy atom. The highest BCUT2D eigenvalue weighted by Gasteiger charge is 2.04. The Labute approximate surface area is 110 Å². The number of rotatable bonds is 6. The van der Waals surface area contributed by atoms with Gasteiger partial charge in [-0.25, -0.2) is 5.10 Å². The summed E-state index contributed by atoms with van der Waals surface area (Å²) >= 11 is 0. The van der Waals surface area contributed by atoms with E-state index in [9.17, 15) is 4.79 Å². The molecule has 0 aliphatic heterocycles. The number of fused-ring (bicyclic) bond motifs is 1.